The average Bonchev–Trinajstić information content (AvgIpc) is 2.96. The molecule has 0 amide bonds. The minimum Gasteiger partial charge on any atom is -0.223 e. The van der Waals surface area contributed by atoms with Gasteiger partial charge in [-0.05, 0) is 42.8 Å². The number of benzene rings is 2. The van der Waals surface area contributed by atoms with Crippen molar-refractivity contribution in [1.29, 1.82) is 0 Å². The molecule has 23 heavy (non-hydrogen) atoms. The van der Waals surface area contributed by atoms with E-state index >= 15 is 0 Å². The molecule has 2 aromatic carbocycles. The Morgan fingerprint density at radius 2 is 1.57 bits per heavy atom. The average molecular weight is 407 g/mol. The molecule has 0 saturated carbocycles. The molecule has 0 aliphatic heterocycles. The molecule has 0 radical (unpaired) electrons. The topological polar surface area (TPSA) is 34.1 Å². The van der Waals surface area contributed by atoms with Gasteiger partial charge < -0.3 is 0 Å². The predicted octanol–water partition coefficient (Wildman–Crippen LogP) is 5.38. The van der Waals surface area contributed by atoms with Crippen LogP contribution >= 0.6 is 27.3 Å². The Balaban J connectivity index is 2.23. The van der Waals surface area contributed by atoms with Crippen LogP contribution in [-0.2, 0) is 9.84 Å². The minimum atomic E-state index is -3.54. The molecule has 118 valence electrons. The third-order valence-electron chi connectivity index (χ3n) is 3.59. The number of aryl methyl sites for hydroxylation is 1. The summed E-state index contributed by atoms with van der Waals surface area (Å²) in [5, 5.41) is -0.709. The van der Waals surface area contributed by atoms with Crippen LogP contribution in [-0.4, -0.2) is 8.42 Å². The van der Waals surface area contributed by atoms with Gasteiger partial charge in [0.05, 0.1) is 4.90 Å². The zero-order valence-corrected chi connectivity index (χ0v) is 15.7. The molecule has 1 unspecified atom stereocenters. The summed E-state index contributed by atoms with van der Waals surface area (Å²) in [6.45, 7) is 1.99. The largest absolute Gasteiger partial charge is 0.223 e. The number of hydrogen-bond donors (Lipinski definition) is 0. The van der Waals surface area contributed by atoms with Gasteiger partial charge in [-0.2, -0.15) is 0 Å². The molecule has 2 nitrogen and oxygen atoms in total. The summed E-state index contributed by atoms with van der Waals surface area (Å²) in [6, 6.07) is 20.0. The van der Waals surface area contributed by atoms with Gasteiger partial charge in [0, 0.05) is 14.2 Å². The SMILES string of the molecule is Cc1ccc(C(c2ccccc2Br)S(=O)(=O)c2ccccc2)s1. The summed E-state index contributed by atoms with van der Waals surface area (Å²) in [5.74, 6) is 0. The smallest absolute Gasteiger partial charge is 0.190 e. The summed E-state index contributed by atoms with van der Waals surface area (Å²) in [6.07, 6.45) is 0. The molecule has 1 heterocycles. The highest BCUT2D eigenvalue weighted by Crippen LogP contribution is 2.40. The first kappa shape index (κ1) is 16.4. The summed E-state index contributed by atoms with van der Waals surface area (Å²) >= 11 is 5.03. The Hall–Kier alpha value is -1.43. The van der Waals surface area contributed by atoms with E-state index < -0.39 is 15.1 Å². The van der Waals surface area contributed by atoms with Gasteiger partial charge >= 0.3 is 0 Å². The molecular weight excluding hydrogens is 392 g/mol. The molecule has 1 aromatic heterocycles. The molecule has 0 aliphatic carbocycles. The second kappa shape index (κ2) is 6.59. The summed E-state index contributed by atoms with van der Waals surface area (Å²) in [7, 11) is -3.54. The summed E-state index contributed by atoms with van der Waals surface area (Å²) < 4.78 is 27.4. The van der Waals surface area contributed by atoms with Crippen LogP contribution in [0.4, 0.5) is 0 Å². The number of halogens is 1. The maximum atomic E-state index is 13.3. The van der Waals surface area contributed by atoms with E-state index in [2.05, 4.69) is 15.9 Å². The lowest BCUT2D eigenvalue weighted by molar-refractivity contribution is 0.589. The lowest BCUT2D eigenvalue weighted by Gasteiger charge is -2.18. The molecule has 3 rings (SSSR count). The third kappa shape index (κ3) is 3.27. The number of sulfone groups is 1. The molecule has 0 saturated heterocycles. The zero-order chi connectivity index (χ0) is 16.4. The van der Waals surface area contributed by atoms with Gasteiger partial charge in [0.25, 0.3) is 0 Å². The van der Waals surface area contributed by atoms with Gasteiger partial charge in [0.15, 0.2) is 9.84 Å². The lowest BCUT2D eigenvalue weighted by Crippen LogP contribution is -2.14. The molecular formula is C18H15BrO2S2. The van der Waals surface area contributed by atoms with E-state index in [9.17, 15) is 8.42 Å². The highest BCUT2D eigenvalue weighted by molar-refractivity contribution is 9.10. The Labute approximate surface area is 148 Å². The van der Waals surface area contributed by atoms with Gasteiger partial charge in [0.1, 0.15) is 5.25 Å². The van der Waals surface area contributed by atoms with Crippen molar-refractivity contribution in [3.8, 4) is 0 Å². The first-order valence-corrected chi connectivity index (χ1v) is 10.3. The van der Waals surface area contributed by atoms with E-state index in [1.54, 1.807) is 24.3 Å². The molecule has 3 aromatic rings. The van der Waals surface area contributed by atoms with Crippen LogP contribution in [0, 0.1) is 6.92 Å². The standard InChI is InChI=1S/C18H15BrO2S2/c1-13-11-12-17(22-13)18(15-9-5-6-10-16(15)19)23(20,21)14-7-3-2-4-8-14/h2-12,18H,1H3. The van der Waals surface area contributed by atoms with Crippen LogP contribution in [0.5, 0.6) is 0 Å². The first-order valence-electron chi connectivity index (χ1n) is 7.10. The first-order chi connectivity index (χ1) is 11.0. The van der Waals surface area contributed by atoms with E-state index in [0.717, 1.165) is 19.8 Å². The third-order valence-corrected chi connectivity index (χ3v) is 7.58. The van der Waals surface area contributed by atoms with Crippen molar-refractivity contribution in [2.24, 2.45) is 0 Å². The lowest BCUT2D eigenvalue weighted by atomic mass is 10.1. The van der Waals surface area contributed by atoms with Crippen LogP contribution in [0.3, 0.4) is 0 Å². The predicted molar refractivity (Wildman–Crippen MR) is 98.7 cm³/mol. The molecule has 0 spiro atoms. The highest BCUT2D eigenvalue weighted by Gasteiger charge is 2.33. The van der Waals surface area contributed by atoms with Crippen molar-refractivity contribution in [2.45, 2.75) is 17.1 Å². The Morgan fingerprint density at radius 3 is 2.17 bits per heavy atom. The Bertz CT molecular complexity index is 915. The van der Waals surface area contributed by atoms with Crippen LogP contribution in [0.2, 0.25) is 0 Å². The van der Waals surface area contributed by atoms with Crippen molar-refractivity contribution in [1.82, 2.24) is 0 Å². The van der Waals surface area contributed by atoms with Gasteiger partial charge in [-0.15, -0.1) is 11.3 Å². The Morgan fingerprint density at radius 1 is 0.913 bits per heavy atom. The van der Waals surface area contributed by atoms with Crippen LogP contribution in [0.1, 0.15) is 20.6 Å². The monoisotopic (exact) mass is 406 g/mol. The fraction of sp³-hybridized carbons (Fsp3) is 0.111. The van der Waals surface area contributed by atoms with Gasteiger partial charge in [0.2, 0.25) is 0 Å². The number of rotatable bonds is 4. The van der Waals surface area contributed by atoms with E-state index in [-0.39, 0.29) is 0 Å². The van der Waals surface area contributed by atoms with E-state index in [4.69, 9.17) is 0 Å². The normalized spacial score (nSPS) is 13.0. The van der Waals surface area contributed by atoms with E-state index in [1.807, 2.05) is 49.4 Å². The van der Waals surface area contributed by atoms with Gasteiger partial charge in [-0.1, -0.05) is 52.3 Å². The van der Waals surface area contributed by atoms with Crippen molar-refractivity contribution in [3.63, 3.8) is 0 Å². The maximum absolute atomic E-state index is 13.3. The quantitative estimate of drug-likeness (QED) is 0.582. The van der Waals surface area contributed by atoms with Gasteiger partial charge in [-0.25, -0.2) is 8.42 Å². The second-order valence-electron chi connectivity index (χ2n) is 5.21. The Kier molecular flexibility index (Phi) is 4.71. The van der Waals surface area contributed by atoms with E-state index in [0.29, 0.717) is 4.90 Å². The van der Waals surface area contributed by atoms with Crippen LogP contribution in [0.25, 0.3) is 0 Å². The summed E-state index contributed by atoms with van der Waals surface area (Å²) in [5.41, 5.74) is 0.762. The van der Waals surface area contributed by atoms with Crippen LogP contribution < -0.4 is 0 Å². The van der Waals surface area contributed by atoms with Gasteiger partial charge in [-0.3, -0.25) is 0 Å². The fourth-order valence-corrected chi connectivity index (χ4v) is 6.30. The molecule has 5 heteroatoms. The number of hydrogen-bond acceptors (Lipinski definition) is 3. The van der Waals surface area contributed by atoms with Crippen molar-refractivity contribution in [3.05, 3.63) is 86.5 Å². The van der Waals surface area contributed by atoms with Crippen molar-refractivity contribution in [2.75, 3.05) is 0 Å². The molecule has 0 fully saturated rings. The fourth-order valence-electron chi connectivity index (χ4n) is 2.50. The van der Waals surface area contributed by atoms with Crippen LogP contribution in [0.15, 0.2) is 76.1 Å². The molecule has 0 bridgehead atoms. The minimum absolute atomic E-state index is 0.340. The molecule has 1 atom stereocenters. The zero-order valence-electron chi connectivity index (χ0n) is 12.4. The maximum Gasteiger partial charge on any atom is 0.190 e. The molecule has 0 aliphatic rings. The highest BCUT2D eigenvalue weighted by atomic mass is 79.9. The molecule has 0 N–H and O–H groups in total. The second-order valence-corrected chi connectivity index (χ2v) is 9.41. The van der Waals surface area contributed by atoms with Crippen molar-refractivity contribution < 1.29 is 8.42 Å². The number of thiophene rings is 1. The van der Waals surface area contributed by atoms with E-state index in [1.165, 1.54) is 11.3 Å². The van der Waals surface area contributed by atoms with Crippen molar-refractivity contribution >= 4 is 37.1 Å². The summed E-state index contributed by atoms with van der Waals surface area (Å²) in [4.78, 5) is 2.27.